The first-order valence-corrected chi connectivity index (χ1v) is 22.6. The van der Waals surface area contributed by atoms with Crippen LogP contribution >= 0.6 is 34.8 Å². The monoisotopic (exact) mass is 1170 g/mol. The maximum atomic E-state index is 12.1. The molecule has 8 N–H and O–H groups in total. The number of hydrogen-bond donors (Lipinski definition) is 6. The number of nitrogens with zero attached hydrogens (tertiary/aromatic N) is 11. The highest BCUT2D eigenvalue weighted by Crippen LogP contribution is 2.33. The van der Waals surface area contributed by atoms with Gasteiger partial charge in [-0.05, 0) is 54.6 Å². The van der Waals surface area contributed by atoms with Crippen LogP contribution < -0.4 is 46.4 Å². The number of carbonyl (C=O) groups is 2. The van der Waals surface area contributed by atoms with Crippen LogP contribution in [0.15, 0.2) is 103 Å². The highest BCUT2D eigenvalue weighted by molar-refractivity contribution is 6.35. The van der Waals surface area contributed by atoms with E-state index in [1.807, 2.05) is 29.6 Å². The number of nitrogens with one attached hydrogen (secondary N) is 3. The molecule has 0 unspecified atom stereocenters. The molecule has 0 spiro atoms. The summed E-state index contributed by atoms with van der Waals surface area (Å²) in [7, 11) is 5.67. The van der Waals surface area contributed by atoms with Crippen LogP contribution in [0.1, 0.15) is 57.0 Å². The lowest BCUT2D eigenvalue weighted by Gasteiger charge is -2.14. The van der Waals surface area contributed by atoms with Crippen molar-refractivity contribution in [1.82, 2.24) is 31.0 Å². The lowest BCUT2D eigenvalue weighted by atomic mass is 10.1. The summed E-state index contributed by atoms with van der Waals surface area (Å²) in [6, 6.07) is 34.8. The maximum Gasteiger partial charge on any atom is 0.312 e. The van der Waals surface area contributed by atoms with Gasteiger partial charge in [-0.1, -0.05) is 65.1 Å². The second-order valence-corrected chi connectivity index (χ2v) is 15.4. The Morgan fingerprint density at radius 3 is 1.36 bits per heavy atom. The Labute approximate surface area is 484 Å². The van der Waals surface area contributed by atoms with E-state index in [0.29, 0.717) is 39.7 Å². The summed E-state index contributed by atoms with van der Waals surface area (Å²) in [6.45, 7) is -5.28. The Hall–Kier alpha value is -11.3. The number of rotatable bonds is 10. The Bertz CT molecular complexity index is 3790. The topological polar surface area (TPSA) is 436 Å². The van der Waals surface area contributed by atoms with Crippen molar-refractivity contribution in [3.05, 3.63) is 178 Å². The molecule has 81 heavy (non-hydrogen) atoms. The van der Waals surface area contributed by atoms with Gasteiger partial charge >= 0.3 is 11.4 Å². The Balaban J connectivity index is 0.000000367. The molecule has 0 radical (unpaired) electrons. The van der Waals surface area contributed by atoms with E-state index in [1.165, 1.54) is 70.9 Å². The molecular formula is C51H43Cl3N16O11. The number of carbonyl (C=O) groups excluding carboxylic acids is 2. The van der Waals surface area contributed by atoms with Crippen LogP contribution in [0.5, 0.6) is 28.7 Å². The fourth-order valence-electron chi connectivity index (χ4n) is 5.82. The number of phenols is 1. The van der Waals surface area contributed by atoms with E-state index in [2.05, 4.69) is 25.7 Å². The molecule has 7 aromatic rings. The fourth-order valence-corrected chi connectivity index (χ4v) is 6.40. The Kier molecular flexibility index (Phi) is 23.3. The van der Waals surface area contributed by atoms with Crippen molar-refractivity contribution in [3.8, 4) is 59.1 Å². The molecule has 0 bridgehead atoms. The van der Waals surface area contributed by atoms with E-state index in [1.54, 1.807) is 66.0 Å². The van der Waals surface area contributed by atoms with Gasteiger partial charge in [-0.15, -0.1) is 20.4 Å². The molecule has 0 atom stereocenters. The molecule has 0 saturated heterocycles. The highest BCUT2D eigenvalue weighted by Gasteiger charge is 2.19. The average molecular weight is 1170 g/mol. The molecule has 0 aliphatic rings. The fraction of sp³-hybridized carbons (Fsp3) is 0.118. The van der Waals surface area contributed by atoms with Gasteiger partial charge < -0.3 is 51.5 Å². The third-order valence-electron chi connectivity index (χ3n) is 9.34. The van der Waals surface area contributed by atoms with Gasteiger partial charge in [-0.2, -0.15) is 26.3 Å². The zero-order valence-corrected chi connectivity index (χ0v) is 44.3. The zero-order valence-electron chi connectivity index (χ0n) is 48.1. The average Bonchev–Trinajstić information content (AvgIpc) is 3.02. The molecule has 5 aromatic carbocycles. The summed E-state index contributed by atoms with van der Waals surface area (Å²) in [4.78, 5) is 42.8. The molecule has 0 fully saturated rings. The first kappa shape index (κ1) is 55.9. The molecule has 2 amide bonds. The summed E-state index contributed by atoms with van der Waals surface area (Å²) in [5.41, 5.74) is 12.6. The minimum atomic E-state index is -2.69. The molecule has 2 heterocycles. The van der Waals surface area contributed by atoms with Crippen LogP contribution in [-0.4, -0.2) is 89.6 Å². The van der Waals surface area contributed by atoms with Gasteiger partial charge in [0.2, 0.25) is 11.5 Å². The van der Waals surface area contributed by atoms with Gasteiger partial charge in [0.05, 0.1) is 82.7 Å². The normalized spacial score (nSPS) is 10.6. The second-order valence-electron chi connectivity index (χ2n) is 14.2. The number of nitro groups is 2. The van der Waals surface area contributed by atoms with Crippen LogP contribution in [-0.2, 0) is 0 Å². The van der Waals surface area contributed by atoms with E-state index in [9.17, 15) is 29.8 Å². The zero-order chi connectivity index (χ0) is 65.8. The van der Waals surface area contributed by atoms with Gasteiger partial charge in [0.25, 0.3) is 11.8 Å². The van der Waals surface area contributed by atoms with E-state index < -0.39 is 47.0 Å². The summed E-state index contributed by atoms with van der Waals surface area (Å²) in [5, 5.41) is 93.4. The molecule has 30 heteroatoms. The van der Waals surface area contributed by atoms with E-state index in [-0.39, 0.29) is 66.3 Å². The summed E-state index contributed by atoms with van der Waals surface area (Å²) >= 11 is 16.9. The van der Waals surface area contributed by atoms with Crippen molar-refractivity contribution in [2.45, 2.75) is 0 Å². The largest absolute Gasteiger partial charge is 0.501 e. The molecule has 0 aliphatic carbocycles. The number of para-hydroxylation sites is 5. The number of phenolic OH excluding ortho intramolecular Hbond substituents is 1. The van der Waals surface area contributed by atoms with Gasteiger partial charge in [0, 0.05) is 40.4 Å². The lowest BCUT2D eigenvalue weighted by molar-refractivity contribution is -0.386. The van der Waals surface area contributed by atoms with Gasteiger partial charge in [0.15, 0.2) is 38.9 Å². The Morgan fingerprint density at radius 1 is 0.556 bits per heavy atom. The number of nitro benzene ring substituents is 2. The van der Waals surface area contributed by atoms with Crippen LogP contribution in [0.4, 0.5) is 34.1 Å². The van der Waals surface area contributed by atoms with E-state index >= 15 is 0 Å². The van der Waals surface area contributed by atoms with Crippen LogP contribution in [0.3, 0.4) is 0 Å². The van der Waals surface area contributed by atoms with Gasteiger partial charge in [0.1, 0.15) is 41.5 Å². The van der Waals surface area contributed by atoms with Crippen molar-refractivity contribution >= 4 is 80.7 Å². The molecule has 7 rings (SSSR count). The third-order valence-corrected chi connectivity index (χ3v) is 9.99. The number of hydrogen-bond acceptors (Lipinski definition) is 23. The lowest BCUT2D eigenvalue weighted by Crippen LogP contribution is -2.21. The number of aromatic nitrogens is 4. The minimum Gasteiger partial charge on any atom is -0.501 e. The molecule has 2 aromatic heterocycles. The van der Waals surface area contributed by atoms with Crippen molar-refractivity contribution < 1.29 is 51.7 Å². The molecule has 414 valence electrons. The van der Waals surface area contributed by atoms with Crippen LogP contribution in [0.2, 0.25) is 15.3 Å². The first-order valence-electron chi connectivity index (χ1n) is 24.4. The minimum absolute atomic E-state index is 0.00926. The number of halogens is 3. The number of anilines is 4. The SMILES string of the molecule is COc1c(C#N)cccc1[N+](=O)[O-].COc1c(N)cccc1C#N.COc1c(N)cccc1C#N.N#Cc1cccc([N+](=O)[O-])c1O.[2H]C([2H])([2H])NC(=O)c1nnc(Cl)cc1Cl.[2H]C([2H])([2H])NC(=O)c1nnc(Cl)cc1Nc1cccc(C#N)c1OC. The molecular weight excluding hydrogens is 1120 g/mol. The van der Waals surface area contributed by atoms with Crippen molar-refractivity contribution in [3.63, 3.8) is 0 Å². The number of ether oxygens (including phenoxy) is 4. The molecule has 0 saturated carbocycles. The number of benzene rings is 5. The highest BCUT2D eigenvalue weighted by atomic mass is 35.5. The summed E-state index contributed by atoms with van der Waals surface area (Å²) in [5.74, 6) is -1.30. The van der Waals surface area contributed by atoms with Crippen LogP contribution in [0, 0.1) is 76.9 Å². The molecule has 27 nitrogen and oxygen atoms in total. The third kappa shape index (κ3) is 19.1. The van der Waals surface area contributed by atoms with E-state index in [0.717, 1.165) is 6.07 Å². The second kappa shape index (κ2) is 33.7. The number of methoxy groups -OCH3 is 4. The summed E-state index contributed by atoms with van der Waals surface area (Å²) < 4.78 is 61.6. The first-order chi connectivity index (χ1) is 41.0. The summed E-state index contributed by atoms with van der Waals surface area (Å²) in [6.07, 6.45) is 0. The van der Waals surface area contributed by atoms with Crippen molar-refractivity contribution in [2.75, 3.05) is 59.2 Å². The quantitative estimate of drug-likeness (QED) is 0.0426. The molecule has 0 aliphatic heterocycles. The van der Waals surface area contributed by atoms with Crippen molar-refractivity contribution in [1.29, 1.82) is 26.3 Å². The Morgan fingerprint density at radius 2 is 0.938 bits per heavy atom. The number of amides is 2. The smallest absolute Gasteiger partial charge is 0.312 e. The standard InChI is InChI=1S/C14H12ClN5O2.C8H6N2O3.2C8H8N2O.C7H4N2O3.C6H5Cl2N3O/c1-17-14(21)12-10(6-11(15)19-20-12)18-9-5-3-4-8(7-16)13(9)22-2;1-13-8-6(5-9)3-2-4-7(8)10(11)12;2*1-11-8-6(5-9)3-2-4-7(8)10;8-4-5-2-1-3-6(7(5)10)9(11)12;1-9-6(12)5-3(7)2-4(8)10-11-5/h3-6H,1-2H3,(H,17,21)(H,18,19);2-4H,1H3;2*2-4H,10H2,1H3;1-3,10H;2H,1H3,(H,9,12)/i1D3;;;;;1D3. The predicted octanol–water partition coefficient (Wildman–Crippen LogP) is 8.20. The van der Waals surface area contributed by atoms with E-state index in [4.69, 9.17) is 105 Å². The van der Waals surface area contributed by atoms with Crippen molar-refractivity contribution in [2.24, 2.45) is 0 Å². The number of nitrogens with two attached hydrogens (primary N) is 2. The number of aromatic hydroxyl groups is 1. The van der Waals surface area contributed by atoms with Crippen LogP contribution in [0.25, 0.3) is 0 Å². The number of nitriles is 5. The number of nitrogen functional groups attached to an aromatic ring is 2. The van der Waals surface area contributed by atoms with Gasteiger partial charge in [-0.3, -0.25) is 29.8 Å². The maximum absolute atomic E-state index is 12.1. The van der Waals surface area contributed by atoms with Gasteiger partial charge in [-0.25, -0.2) is 0 Å². The predicted molar refractivity (Wildman–Crippen MR) is 295 cm³/mol.